The molecule has 1 aliphatic heterocycles. The molecule has 0 radical (unpaired) electrons. The Kier molecular flexibility index (Phi) is 4.59. The molecule has 0 saturated carbocycles. The van der Waals surface area contributed by atoms with Crippen molar-refractivity contribution >= 4 is 27.3 Å². The molecule has 1 N–H and O–H groups in total. The monoisotopic (exact) mass is 357 g/mol. The first kappa shape index (κ1) is 17.2. The molecule has 6 nitrogen and oxygen atoms in total. The molecule has 0 saturated heterocycles. The van der Waals surface area contributed by atoms with Crippen molar-refractivity contribution in [3.8, 4) is 0 Å². The Hall–Kier alpha value is -2.67. The number of carbonyl (C=O) groups excluding carboxylic acids is 1. The number of nitrogens with one attached hydrogen (secondary N) is 1. The molecule has 0 fully saturated rings. The largest absolute Gasteiger partial charge is 0.284 e. The quantitative estimate of drug-likeness (QED) is 0.914. The molecule has 2 aromatic carbocycles. The fraction of sp³-hybridized carbons (Fsp3) is 0.222. The van der Waals surface area contributed by atoms with Crippen LogP contribution in [0.1, 0.15) is 30.5 Å². The fourth-order valence-electron chi connectivity index (χ4n) is 2.85. The van der Waals surface area contributed by atoms with Gasteiger partial charge in [0, 0.05) is 19.0 Å². The van der Waals surface area contributed by atoms with Crippen molar-refractivity contribution in [2.75, 3.05) is 11.0 Å². The highest BCUT2D eigenvalue weighted by Gasteiger charge is 2.31. The molecule has 1 amide bonds. The topological polar surface area (TPSA) is 78.8 Å². The zero-order chi connectivity index (χ0) is 18.0. The Morgan fingerprint density at radius 2 is 1.76 bits per heavy atom. The van der Waals surface area contributed by atoms with Crippen molar-refractivity contribution in [2.45, 2.75) is 19.4 Å². The van der Waals surface area contributed by atoms with Crippen LogP contribution in [0.2, 0.25) is 0 Å². The van der Waals surface area contributed by atoms with Gasteiger partial charge in [-0.25, -0.2) is 13.4 Å². The Bertz CT molecular complexity index is 906. The zero-order valence-electron chi connectivity index (χ0n) is 14.0. The summed E-state index contributed by atoms with van der Waals surface area (Å²) >= 11 is 0. The molecule has 1 aliphatic rings. The second kappa shape index (κ2) is 6.68. The van der Waals surface area contributed by atoms with E-state index in [0.29, 0.717) is 12.1 Å². The molecule has 0 spiro atoms. The van der Waals surface area contributed by atoms with Crippen LogP contribution in [-0.4, -0.2) is 31.3 Å². The SMILES string of the molecule is CC(=O)N1N=C(c2ccc(NS(C)(=O)=O)cc2)C[C@H]1c1ccccc1. The van der Waals surface area contributed by atoms with Crippen LogP contribution in [0.4, 0.5) is 5.69 Å². The third-order valence-electron chi connectivity index (χ3n) is 3.94. The van der Waals surface area contributed by atoms with Crippen molar-refractivity contribution in [1.82, 2.24) is 5.01 Å². The fourth-order valence-corrected chi connectivity index (χ4v) is 3.42. The molecular formula is C18H19N3O3S. The van der Waals surface area contributed by atoms with Crippen molar-refractivity contribution in [3.63, 3.8) is 0 Å². The minimum Gasteiger partial charge on any atom is -0.284 e. The van der Waals surface area contributed by atoms with Gasteiger partial charge < -0.3 is 0 Å². The molecule has 0 aliphatic carbocycles. The lowest BCUT2D eigenvalue weighted by atomic mass is 9.98. The highest BCUT2D eigenvalue weighted by atomic mass is 32.2. The molecule has 2 aromatic rings. The van der Waals surface area contributed by atoms with Crippen LogP contribution in [0.15, 0.2) is 59.7 Å². The van der Waals surface area contributed by atoms with E-state index in [0.717, 1.165) is 23.1 Å². The van der Waals surface area contributed by atoms with Crippen LogP contribution < -0.4 is 4.72 Å². The van der Waals surface area contributed by atoms with Gasteiger partial charge in [0.15, 0.2) is 0 Å². The molecule has 0 unspecified atom stereocenters. The number of nitrogens with zero attached hydrogens (tertiary/aromatic N) is 2. The van der Waals surface area contributed by atoms with Gasteiger partial charge in [-0.15, -0.1) is 0 Å². The van der Waals surface area contributed by atoms with Gasteiger partial charge in [-0.1, -0.05) is 42.5 Å². The number of anilines is 1. The minimum absolute atomic E-state index is 0.112. The second-order valence-electron chi connectivity index (χ2n) is 5.99. The molecular weight excluding hydrogens is 338 g/mol. The Labute approximate surface area is 147 Å². The van der Waals surface area contributed by atoms with E-state index < -0.39 is 10.0 Å². The minimum atomic E-state index is -3.31. The predicted octanol–water partition coefficient (Wildman–Crippen LogP) is 2.76. The summed E-state index contributed by atoms with van der Waals surface area (Å²) in [5.74, 6) is -0.112. The van der Waals surface area contributed by atoms with Gasteiger partial charge in [-0.05, 0) is 23.3 Å². The molecule has 0 aromatic heterocycles. The summed E-state index contributed by atoms with van der Waals surface area (Å²) in [4.78, 5) is 12.0. The molecule has 1 heterocycles. The number of hydrogen-bond acceptors (Lipinski definition) is 4. The number of carbonyl (C=O) groups is 1. The maximum atomic E-state index is 12.0. The average Bonchev–Trinajstić information content (AvgIpc) is 3.00. The van der Waals surface area contributed by atoms with E-state index in [9.17, 15) is 13.2 Å². The number of amides is 1. The van der Waals surface area contributed by atoms with E-state index in [1.165, 1.54) is 11.9 Å². The number of hydrogen-bond donors (Lipinski definition) is 1. The Morgan fingerprint density at radius 1 is 1.12 bits per heavy atom. The number of sulfonamides is 1. The summed E-state index contributed by atoms with van der Waals surface area (Å²) in [6.45, 7) is 1.50. The maximum Gasteiger partial charge on any atom is 0.240 e. The van der Waals surface area contributed by atoms with Crippen LogP contribution in [0, 0.1) is 0 Å². The number of hydrazone groups is 1. The van der Waals surface area contributed by atoms with Gasteiger partial charge in [0.1, 0.15) is 0 Å². The van der Waals surface area contributed by atoms with Gasteiger partial charge >= 0.3 is 0 Å². The Morgan fingerprint density at radius 3 is 2.32 bits per heavy atom. The summed E-state index contributed by atoms with van der Waals surface area (Å²) in [7, 11) is -3.31. The third kappa shape index (κ3) is 4.06. The normalized spacial score (nSPS) is 17.3. The first-order chi connectivity index (χ1) is 11.8. The predicted molar refractivity (Wildman–Crippen MR) is 97.8 cm³/mol. The second-order valence-corrected chi connectivity index (χ2v) is 7.74. The molecule has 0 bridgehead atoms. The van der Waals surface area contributed by atoms with Gasteiger partial charge in [-0.2, -0.15) is 5.10 Å². The van der Waals surface area contributed by atoms with Crippen LogP contribution in [0.25, 0.3) is 0 Å². The smallest absolute Gasteiger partial charge is 0.240 e. The van der Waals surface area contributed by atoms with Crippen LogP contribution in [0.3, 0.4) is 0 Å². The highest BCUT2D eigenvalue weighted by molar-refractivity contribution is 7.92. The van der Waals surface area contributed by atoms with Crippen LogP contribution in [-0.2, 0) is 14.8 Å². The van der Waals surface area contributed by atoms with E-state index in [1.807, 2.05) is 30.3 Å². The lowest BCUT2D eigenvalue weighted by molar-refractivity contribution is -0.130. The van der Waals surface area contributed by atoms with Gasteiger partial charge in [0.25, 0.3) is 0 Å². The van der Waals surface area contributed by atoms with E-state index in [1.54, 1.807) is 24.3 Å². The van der Waals surface area contributed by atoms with Crippen LogP contribution in [0.5, 0.6) is 0 Å². The Balaban J connectivity index is 1.85. The first-order valence-electron chi connectivity index (χ1n) is 7.84. The number of benzene rings is 2. The van der Waals surface area contributed by atoms with Crippen molar-refractivity contribution < 1.29 is 13.2 Å². The zero-order valence-corrected chi connectivity index (χ0v) is 14.8. The maximum absolute atomic E-state index is 12.0. The van der Waals surface area contributed by atoms with Crippen molar-refractivity contribution in [2.24, 2.45) is 5.10 Å². The molecule has 3 rings (SSSR count). The van der Waals surface area contributed by atoms with E-state index >= 15 is 0 Å². The molecule has 25 heavy (non-hydrogen) atoms. The summed E-state index contributed by atoms with van der Waals surface area (Å²) in [6.07, 6.45) is 1.72. The van der Waals surface area contributed by atoms with Gasteiger partial charge in [-0.3, -0.25) is 9.52 Å². The van der Waals surface area contributed by atoms with Crippen LogP contribution >= 0.6 is 0 Å². The summed E-state index contributed by atoms with van der Waals surface area (Å²) in [5, 5.41) is 5.99. The lowest BCUT2D eigenvalue weighted by Crippen LogP contribution is -2.24. The summed E-state index contributed by atoms with van der Waals surface area (Å²) in [6, 6.07) is 16.6. The van der Waals surface area contributed by atoms with Gasteiger partial charge in [0.05, 0.1) is 18.0 Å². The number of rotatable bonds is 4. The summed E-state index contributed by atoms with van der Waals surface area (Å²) < 4.78 is 25.0. The standard InChI is InChI=1S/C18H19N3O3S/c1-13(22)21-18(15-6-4-3-5-7-15)12-17(19-21)14-8-10-16(11-9-14)20-25(2,23)24/h3-11,18,20H,12H2,1-2H3/t18-/m0/s1. The van der Waals surface area contributed by atoms with Crippen molar-refractivity contribution in [1.29, 1.82) is 0 Å². The highest BCUT2D eigenvalue weighted by Crippen LogP contribution is 2.32. The van der Waals surface area contributed by atoms with E-state index in [-0.39, 0.29) is 11.9 Å². The average molecular weight is 357 g/mol. The first-order valence-corrected chi connectivity index (χ1v) is 9.73. The summed E-state index contributed by atoms with van der Waals surface area (Å²) in [5.41, 5.74) is 3.19. The van der Waals surface area contributed by atoms with Gasteiger partial charge in [0.2, 0.25) is 15.9 Å². The molecule has 7 heteroatoms. The third-order valence-corrected chi connectivity index (χ3v) is 4.55. The van der Waals surface area contributed by atoms with Crippen molar-refractivity contribution in [3.05, 3.63) is 65.7 Å². The van der Waals surface area contributed by atoms with E-state index in [2.05, 4.69) is 9.82 Å². The molecule has 1 atom stereocenters. The lowest BCUT2D eigenvalue weighted by Gasteiger charge is -2.20. The molecule has 130 valence electrons. The van der Waals surface area contributed by atoms with E-state index in [4.69, 9.17) is 0 Å².